The van der Waals surface area contributed by atoms with Gasteiger partial charge >= 0.3 is 0 Å². The lowest BCUT2D eigenvalue weighted by molar-refractivity contribution is 0.0110. The first-order chi connectivity index (χ1) is 17.8. The van der Waals surface area contributed by atoms with E-state index in [1.54, 1.807) is 12.4 Å². The molecule has 1 amide bonds. The summed E-state index contributed by atoms with van der Waals surface area (Å²) >= 11 is 0. The summed E-state index contributed by atoms with van der Waals surface area (Å²) in [5.41, 5.74) is 5.05. The molecule has 37 heavy (non-hydrogen) atoms. The second-order valence-electron chi connectivity index (χ2n) is 10.5. The van der Waals surface area contributed by atoms with Crippen LogP contribution in [-0.2, 0) is 13.6 Å². The van der Waals surface area contributed by atoms with Gasteiger partial charge in [0.2, 0.25) is 0 Å². The number of aliphatic hydroxyl groups is 1. The first-order valence-electron chi connectivity index (χ1n) is 12.7. The van der Waals surface area contributed by atoms with E-state index in [0.29, 0.717) is 23.6 Å². The third-order valence-electron chi connectivity index (χ3n) is 7.65. The zero-order valence-corrected chi connectivity index (χ0v) is 21.3. The van der Waals surface area contributed by atoms with Crippen LogP contribution in [0.15, 0.2) is 49.1 Å². The maximum atomic E-state index is 12.9. The fourth-order valence-corrected chi connectivity index (χ4v) is 5.51. The van der Waals surface area contributed by atoms with E-state index in [4.69, 9.17) is 4.98 Å². The quantitative estimate of drug-likeness (QED) is 0.382. The van der Waals surface area contributed by atoms with Crippen molar-refractivity contribution in [3.8, 4) is 11.3 Å². The SMILES string of the molecule is Cn1ccc2c(-c3ncc(Nc4ccc(N5CCC[C@H](C(C)(C)O)C5)cn4)c4c3CNC4=O)ccnc21. The number of nitrogens with one attached hydrogen (secondary N) is 2. The standard InChI is InChI=1S/C28H31N7O2/c1-28(2,37)17-5-4-11-35(16-17)18-6-7-23(30-13-18)33-22-15-31-25(21-14-32-27(36)24(21)22)19-8-10-29-26-20(19)9-12-34(26)3/h6-10,12-13,15,17,37H,4-5,11,14,16H2,1-3H3,(H,30,33)(H,32,36)/t17-/m0/s1. The Morgan fingerprint density at radius 2 is 2.00 bits per heavy atom. The van der Waals surface area contributed by atoms with Gasteiger partial charge in [-0.2, -0.15) is 0 Å². The van der Waals surface area contributed by atoms with E-state index in [0.717, 1.165) is 59.5 Å². The number of amides is 1. The molecule has 6 rings (SSSR count). The third kappa shape index (κ3) is 4.19. The number of aromatic nitrogens is 4. The van der Waals surface area contributed by atoms with Crippen LogP contribution in [0, 0.1) is 5.92 Å². The Balaban J connectivity index is 1.28. The molecule has 4 aromatic rings. The highest BCUT2D eigenvalue weighted by Crippen LogP contribution is 2.36. The van der Waals surface area contributed by atoms with Crippen LogP contribution in [0.25, 0.3) is 22.3 Å². The van der Waals surface area contributed by atoms with Crippen LogP contribution in [-0.4, -0.2) is 49.2 Å². The molecule has 9 nitrogen and oxygen atoms in total. The van der Waals surface area contributed by atoms with Gasteiger partial charge in [0.15, 0.2) is 0 Å². The minimum absolute atomic E-state index is 0.123. The molecule has 1 fully saturated rings. The molecule has 1 saturated heterocycles. The zero-order valence-electron chi connectivity index (χ0n) is 21.3. The minimum Gasteiger partial charge on any atom is -0.390 e. The first-order valence-corrected chi connectivity index (χ1v) is 12.7. The van der Waals surface area contributed by atoms with E-state index in [2.05, 4.69) is 25.5 Å². The van der Waals surface area contributed by atoms with Crippen molar-refractivity contribution in [3.63, 3.8) is 0 Å². The van der Waals surface area contributed by atoms with Crippen LogP contribution in [0.2, 0.25) is 0 Å². The Kier molecular flexibility index (Phi) is 5.60. The summed E-state index contributed by atoms with van der Waals surface area (Å²) in [5.74, 6) is 0.745. The zero-order chi connectivity index (χ0) is 25.7. The van der Waals surface area contributed by atoms with Gasteiger partial charge in [-0.25, -0.2) is 9.97 Å². The largest absolute Gasteiger partial charge is 0.390 e. The lowest BCUT2D eigenvalue weighted by atomic mass is 9.84. The second-order valence-corrected chi connectivity index (χ2v) is 10.5. The van der Waals surface area contributed by atoms with Crippen LogP contribution < -0.4 is 15.5 Å². The number of hydrogen-bond acceptors (Lipinski definition) is 7. The van der Waals surface area contributed by atoms with Crippen molar-refractivity contribution < 1.29 is 9.90 Å². The molecule has 0 bridgehead atoms. The van der Waals surface area contributed by atoms with Crippen molar-refractivity contribution in [1.29, 1.82) is 0 Å². The number of pyridine rings is 3. The summed E-state index contributed by atoms with van der Waals surface area (Å²) < 4.78 is 1.97. The highest BCUT2D eigenvalue weighted by atomic mass is 16.3. The maximum absolute atomic E-state index is 12.9. The number of aryl methyl sites for hydroxylation is 1. The van der Waals surface area contributed by atoms with Gasteiger partial charge in [-0.1, -0.05) is 0 Å². The molecule has 6 heterocycles. The lowest BCUT2D eigenvalue weighted by Gasteiger charge is -2.39. The Labute approximate surface area is 215 Å². The van der Waals surface area contributed by atoms with Crippen LogP contribution in [0.4, 0.5) is 17.2 Å². The molecule has 0 spiro atoms. The molecule has 1 atom stereocenters. The molecular formula is C28H31N7O2. The molecule has 0 aromatic carbocycles. The van der Waals surface area contributed by atoms with E-state index in [1.807, 2.05) is 62.1 Å². The van der Waals surface area contributed by atoms with Crippen LogP contribution >= 0.6 is 0 Å². The van der Waals surface area contributed by atoms with Gasteiger partial charge in [0.25, 0.3) is 5.91 Å². The smallest absolute Gasteiger partial charge is 0.254 e. The van der Waals surface area contributed by atoms with Gasteiger partial charge in [0.1, 0.15) is 11.5 Å². The molecular weight excluding hydrogens is 466 g/mol. The Bertz CT molecular complexity index is 1490. The highest BCUT2D eigenvalue weighted by molar-refractivity contribution is 6.06. The van der Waals surface area contributed by atoms with Gasteiger partial charge in [-0.15, -0.1) is 0 Å². The van der Waals surface area contributed by atoms with Gasteiger partial charge in [0, 0.05) is 61.5 Å². The number of rotatable bonds is 5. The number of carbonyl (C=O) groups is 1. The fraction of sp³-hybridized carbons (Fsp3) is 0.357. The third-order valence-corrected chi connectivity index (χ3v) is 7.65. The van der Waals surface area contributed by atoms with Crippen molar-refractivity contribution in [2.45, 2.75) is 38.8 Å². The molecule has 4 aromatic heterocycles. The number of piperidine rings is 1. The van der Waals surface area contributed by atoms with E-state index >= 15 is 0 Å². The predicted octanol–water partition coefficient (Wildman–Crippen LogP) is 4.00. The summed E-state index contributed by atoms with van der Waals surface area (Å²) in [6.07, 6.45) is 9.38. The molecule has 0 aliphatic carbocycles. The average Bonchev–Trinajstić information content (AvgIpc) is 3.47. The maximum Gasteiger partial charge on any atom is 0.254 e. The van der Waals surface area contributed by atoms with Gasteiger partial charge in [-0.05, 0) is 51.0 Å². The normalized spacial score (nSPS) is 17.7. The molecule has 2 aliphatic rings. The lowest BCUT2D eigenvalue weighted by Crippen LogP contribution is -2.44. The van der Waals surface area contributed by atoms with Crippen molar-refractivity contribution in [2.75, 3.05) is 23.3 Å². The molecule has 190 valence electrons. The van der Waals surface area contributed by atoms with Gasteiger partial charge < -0.3 is 25.2 Å². The van der Waals surface area contributed by atoms with Crippen LogP contribution in [0.1, 0.15) is 42.6 Å². The predicted molar refractivity (Wildman–Crippen MR) is 144 cm³/mol. The Hall–Kier alpha value is -3.98. The van der Waals surface area contributed by atoms with Crippen molar-refractivity contribution in [2.24, 2.45) is 13.0 Å². The van der Waals surface area contributed by atoms with E-state index in [9.17, 15) is 9.90 Å². The Morgan fingerprint density at radius 1 is 1.14 bits per heavy atom. The average molecular weight is 498 g/mol. The fourth-order valence-electron chi connectivity index (χ4n) is 5.51. The molecule has 9 heteroatoms. The van der Waals surface area contributed by atoms with E-state index in [1.165, 1.54) is 0 Å². The Morgan fingerprint density at radius 3 is 2.78 bits per heavy atom. The highest BCUT2D eigenvalue weighted by Gasteiger charge is 2.32. The minimum atomic E-state index is -0.698. The van der Waals surface area contributed by atoms with Crippen molar-refractivity contribution in [3.05, 3.63) is 60.2 Å². The number of anilines is 3. The summed E-state index contributed by atoms with van der Waals surface area (Å²) in [6.45, 7) is 5.95. The molecule has 3 N–H and O–H groups in total. The number of carbonyl (C=O) groups excluding carboxylic acids is 1. The second kappa shape index (κ2) is 8.85. The number of fused-ring (bicyclic) bond motifs is 2. The van der Waals surface area contributed by atoms with E-state index < -0.39 is 5.60 Å². The molecule has 0 saturated carbocycles. The van der Waals surface area contributed by atoms with Gasteiger partial charge in [-0.3, -0.25) is 9.78 Å². The first kappa shape index (κ1) is 23.4. The number of nitrogens with zero attached hydrogens (tertiary/aromatic N) is 5. The topological polar surface area (TPSA) is 108 Å². The summed E-state index contributed by atoms with van der Waals surface area (Å²) in [5, 5.41) is 17.7. The summed E-state index contributed by atoms with van der Waals surface area (Å²) in [4.78, 5) is 29.0. The summed E-state index contributed by atoms with van der Waals surface area (Å²) in [7, 11) is 1.96. The number of hydrogen-bond donors (Lipinski definition) is 3. The van der Waals surface area contributed by atoms with Crippen LogP contribution in [0.5, 0.6) is 0 Å². The molecule has 0 unspecified atom stereocenters. The van der Waals surface area contributed by atoms with Gasteiger partial charge in [0.05, 0.1) is 40.6 Å². The van der Waals surface area contributed by atoms with Crippen LogP contribution in [0.3, 0.4) is 0 Å². The molecule has 2 aliphatic heterocycles. The monoisotopic (exact) mass is 497 g/mol. The molecule has 0 radical (unpaired) electrons. The van der Waals surface area contributed by atoms with Crippen molar-refractivity contribution in [1.82, 2.24) is 24.8 Å². The summed E-state index contributed by atoms with van der Waals surface area (Å²) in [6, 6.07) is 7.93. The van der Waals surface area contributed by atoms with Crippen molar-refractivity contribution >= 4 is 34.1 Å². The van der Waals surface area contributed by atoms with E-state index in [-0.39, 0.29) is 11.8 Å².